The first-order valence-corrected chi connectivity index (χ1v) is 6.94. The fourth-order valence-corrected chi connectivity index (χ4v) is 2.26. The number of hydrogen-bond donors (Lipinski definition) is 1. The van der Waals surface area contributed by atoms with E-state index in [1.165, 1.54) is 44.9 Å². The number of unbranched alkanes of at least 4 members (excludes halogenated alkanes) is 3. The predicted molar refractivity (Wildman–Crippen MR) is 68.1 cm³/mol. The quantitative estimate of drug-likeness (QED) is 0.530. The van der Waals surface area contributed by atoms with Crippen molar-refractivity contribution in [2.75, 3.05) is 0 Å². The van der Waals surface area contributed by atoms with Crippen LogP contribution in [-0.4, -0.2) is 11.2 Å². The van der Waals surface area contributed by atoms with Crippen molar-refractivity contribution in [1.82, 2.24) is 0 Å². The molecule has 0 radical (unpaired) electrons. The topological polar surface area (TPSA) is 20.2 Å². The number of aliphatic hydroxyl groups is 1. The Morgan fingerprint density at radius 2 is 1.40 bits per heavy atom. The van der Waals surface area contributed by atoms with Crippen molar-refractivity contribution in [3.05, 3.63) is 0 Å². The average Bonchev–Trinajstić information content (AvgIpc) is 2.23. The molecule has 0 aromatic heterocycles. The summed E-state index contributed by atoms with van der Waals surface area (Å²) in [6, 6.07) is 0. The van der Waals surface area contributed by atoms with Crippen molar-refractivity contribution < 1.29 is 5.11 Å². The molecule has 1 heteroatoms. The van der Waals surface area contributed by atoms with Gasteiger partial charge in [-0.25, -0.2) is 0 Å². The smallest absolute Gasteiger partial charge is 0.0568 e. The highest BCUT2D eigenvalue weighted by Crippen LogP contribution is 2.22. The van der Waals surface area contributed by atoms with E-state index in [1.807, 2.05) is 0 Å². The summed E-state index contributed by atoms with van der Waals surface area (Å²) in [6.07, 6.45) is 11.0. The van der Waals surface area contributed by atoms with Crippen LogP contribution < -0.4 is 0 Å². The second-order valence-electron chi connectivity index (χ2n) is 4.75. The zero-order valence-corrected chi connectivity index (χ0v) is 11.0. The highest BCUT2D eigenvalue weighted by Gasteiger charge is 2.16. The minimum absolute atomic E-state index is 0.0448. The van der Waals surface area contributed by atoms with Crippen LogP contribution in [0.4, 0.5) is 0 Å². The predicted octanol–water partition coefficient (Wildman–Crippen LogP) is 4.53. The van der Waals surface area contributed by atoms with Crippen molar-refractivity contribution in [2.45, 2.75) is 84.7 Å². The van der Waals surface area contributed by atoms with E-state index in [9.17, 15) is 5.11 Å². The zero-order valence-electron chi connectivity index (χ0n) is 11.0. The molecule has 0 aromatic carbocycles. The first-order chi connectivity index (χ1) is 7.26. The number of hydrogen-bond acceptors (Lipinski definition) is 1. The van der Waals surface area contributed by atoms with Crippen LogP contribution in [0.25, 0.3) is 0 Å². The Morgan fingerprint density at radius 3 is 1.93 bits per heavy atom. The van der Waals surface area contributed by atoms with Gasteiger partial charge in [-0.15, -0.1) is 0 Å². The standard InChI is InChI=1S/C14H30O/c1-4-7-8-9-12-13(10-5-2)14(15)11-6-3/h13-15H,4-12H2,1-3H3. The minimum Gasteiger partial charge on any atom is -0.393 e. The maximum Gasteiger partial charge on any atom is 0.0568 e. The molecule has 1 nitrogen and oxygen atoms in total. The molecule has 1 N–H and O–H groups in total. The van der Waals surface area contributed by atoms with Gasteiger partial charge in [0.1, 0.15) is 0 Å². The Morgan fingerprint density at radius 1 is 0.733 bits per heavy atom. The van der Waals surface area contributed by atoms with Crippen LogP contribution in [0.15, 0.2) is 0 Å². The lowest BCUT2D eigenvalue weighted by atomic mass is 9.89. The second-order valence-corrected chi connectivity index (χ2v) is 4.75. The molecule has 0 aliphatic heterocycles. The highest BCUT2D eigenvalue weighted by molar-refractivity contribution is 4.68. The molecule has 0 saturated heterocycles. The fraction of sp³-hybridized carbons (Fsp3) is 1.00. The minimum atomic E-state index is -0.0448. The van der Waals surface area contributed by atoms with Crippen LogP contribution in [0.3, 0.4) is 0 Å². The summed E-state index contributed by atoms with van der Waals surface area (Å²) in [7, 11) is 0. The molecule has 0 amide bonds. The molecule has 0 bridgehead atoms. The van der Waals surface area contributed by atoms with E-state index in [4.69, 9.17) is 0 Å². The molecular formula is C14H30O. The van der Waals surface area contributed by atoms with Gasteiger partial charge in [0.2, 0.25) is 0 Å². The molecule has 0 saturated carbocycles. The molecule has 0 spiro atoms. The molecule has 0 aliphatic carbocycles. The summed E-state index contributed by atoms with van der Waals surface area (Å²) in [6.45, 7) is 6.62. The van der Waals surface area contributed by atoms with Crippen LogP contribution >= 0.6 is 0 Å². The van der Waals surface area contributed by atoms with E-state index in [0.717, 1.165) is 12.8 Å². The Hall–Kier alpha value is -0.0400. The monoisotopic (exact) mass is 214 g/mol. The summed E-state index contributed by atoms with van der Waals surface area (Å²) >= 11 is 0. The van der Waals surface area contributed by atoms with Gasteiger partial charge in [-0.1, -0.05) is 59.3 Å². The van der Waals surface area contributed by atoms with Crippen molar-refractivity contribution in [3.63, 3.8) is 0 Å². The molecular weight excluding hydrogens is 184 g/mol. The van der Waals surface area contributed by atoms with E-state index in [1.54, 1.807) is 0 Å². The van der Waals surface area contributed by atoms with Crippen LogP contribution in [0.5, 0.6) is 0 Å². The van der Waals surface area contributed by atoms with Crippen LogP contribution in [-0.2, 0) is 0 Å². The van der Waals surface area contributed by atoms with E-state index >= 15 is 0 Å². The van der Waals surface area contributed by atoms with E-state index in [-0.39, 0.29) is 6.10 Å². The molecule has 92 valence electrons. The molecule has 0 aliphatic rings. The highest BCUT2D eigenvalue weighted by atomic mass is 16.3. The normalized spacial score (nSPS) is 15.2. The first kappa shape index (κ1) is 15.0. The molecule has 2 unspecified atom stereocenters. The number of aliphatic hydroxyl groups excluding tert-OH is 1. The summed E-state index contributed by atoms with van der Waals surface area (Å²) in [5.41, 5.74) is 0. The molecule has 0 rings (SSSR count). The van der Waals surface area contributed by atoms with Gasteiger partial charge in [0.05, 0.1) is 6.10 Å². The van der Waals surface area contributed by atoms with E-state index in [0.29, 0.717) is 5.92 Å². The second kappa shape index (κ2) is 10.5. The molecule has 15 heavy (non-hydrogen) atoms. The fourth-order valence-electron chi connectivity index (χ4n) is 2.26. The maximum atomic E-state index is 10.00. The largest absolute Gasteiger partial charge is 0.393 e. The lowest BCUT2D eigenvalue weighted by Crippen LogP contribution is -2.20. The molecule has 0 heterocycles. The third-order valence-corrected chi connectivity index (χ3v) is 3.22. The molecule has 0 aromatic rings. The van der Waals surface area contributed by atoms with Gasteiger partial charge in [0.15, 0.2) is 0 Å². The zero-order chi connectivity index (χ0) is 11.5. The third-order valence-electron chi connectivity index (χ3n) is 3.22. The summed E-state index contributed by atoms with van der Waals surface area (Å²) in [5.74, 6) is 0.562. The van der Waals surface area contributed by atoms with Crippen molar-refractivity contribution in [2.24, 2.45) is 5.92 Å². The van der Waals surface area contributed by atoms with Crippen LogP contribution in [0, 0.1) is 5.92 Å². The van der Waals surface area contributed by atoms with Gasteiger partial charge in [0, 0.05) is 0 Å². The van der Waals surface area contributed by atoms with Crippen molar-refractivity contribution >= 4 is 0 Å². The van der Waals surface area contributed by atoms with Gasteiger partial charge in [-0.05, 0) is 25.2 Å². The van der Waals surface area contributed by atoms with Gasteiger partial charge < -0.3 is 5.11 Å². The van der Waals surface area contributed by atoms with Crippen LogP contribution in [0.1, 0.15) is 78.6 Å². The maximum absolute atomic E-state index is 10.00. The Balaban J connectivity index is 3.71. The Bertz CT molecular complexity index is 123. The number of rotatable bonds is 10. The SMILES string of the molecule is CCCCCCC(CCC)C(O)CCC. The van der Waals surface area contributed by atoms with Crippen molar-refractivity contribution in [3.8, 4) is 0 Å². The third kappa shape index (κ3) is 7.84. The van der Waals surface area contributed by atoms with Gasteiger partial charge in [-0.2, -0.15) is 0 Å². The van der Waals surface area contributed by atoms with Gasteiger partial charge >= 0.3 is 0 Å². The molecule has 2 atom stereocenters. The van der Waals surface area contributed by atoms with Gasteiger partial charge in [0.25, 0.3) is 0 Å². The van der Waals surface area contributed by atoms with Gasteiger partial charge in [-0.3, -0.25) is 0 Å². The Labute approximate surface area is 96.3 Å². The lowest BCUT2D eigenvalue weighted by Gasteiger charge is -2.22. The summed E-state index contributed by atoms with van der Waals surface area (Å²) in [5, 5.41) is 10.00. The first-order valence-electron chi connectivity index (χ1n) is 6.94. The lowest BCUT2D eigenvalue weighted by molar-refractivity contribution is 0.0861. The van der Waals surface area contributed by atoms with Crippen LogP contribution in [0.2, 0.25) is 0 Å². The average molecular weight is 214 g/mol. The summed E-state index contributed by atoms with van der Waals surface area (Å²) in [4.78, 5) is 0. The van der Waals surface area contributed by atoms with E-state index < -0.39 is 0 Å². The summed E-state index contributed by atoms with van der Waals surface area (Å²) < 4.78 is 0. The van der Waals surface area contributed by atoms with E-state index in [2.05, 4.69) is 20.8 Å². The molecule has 0 fully saturated rings. The van der Waals surface area contributed by atoms with Crippen molar-refractivity contribution in [1.29, 1.82) is 0 Å². The Kier molecular flexibility index (Phi) is 10.4.